The number of rotatable bonds is 3. The third kappa shape index (κ3) is 3.33. The Kier molecular flexibility index (Phi) is 3.84. The molecule has 1 aliphatic rings. The molecule has 1 aromatic rings. The fourth-order valence-electron chi connectivity index (χ4n) is 2.38. The molecule has 1 saturated carbocycles. The first-order chi connectivity index (χ1) is 8.15. The van der Waals surface area contributed by atoms with E-state index in [9.17, 15) is 9.50 Å². The number of hydrogen-bond acceptors (Lipinski definition) is 3. The van der Waals surface area contributed by atoms with Crippen molar-refractivity contribution in [2.24, 2.45) is 5.92 Å². The van der Waals surface area contributed by atoms with Crippen LogP contribution in [0.4, 0.5) is 15.8 Å². The predicted molar refractivity (Wildman–Crippen MR) is 67.3 cm³/mol. The molecule has 1 aliphatic carbocycles. The second kappa shape index (κ2) is 5.36. The lowest BCUT2D eigenvalue weighted by atomic mass is 9.87. The van der Waals surface area contributed by atoms with Crippen LogP contribution in [0.2, 0.25) is 0 Å². The number of aliphatic hydroxyl groups excluding tert-OH is 1. The van der Waals surface area contributed by atoms with Crippen molar-refractivity contribution in [3.8, 4) is 0 Å². The first kappa shape index (κ1) is 12.2. The number of benzene rings is 1. The van der Waals surface area contributed by atoms with Crippen LogP contribution in [0.1, 0.15) is 25.7 Å². The molecule has 2 unspecified atom stereocenters. The lowest BCUT2D eigenvalue weighted by Gasteiger charge is -2.26. The van der Waals surface area contributed by atoms with E-state index in [0.717, 1.165) is 32.2 Å². The van der Waals surface area contributed by atoms with E-state index in [1.165, 1.54) is 12.1 Å². The average Bonchev–Trinajstić information content (AvgIpc) is 2.30. The highest BCUT2D eigenvalue weighted by Crippen LogP contribution is 2.26. The van der Waals surface area contributed by atoms with Crippen molar-refractivity contribution in [3.63, 3.8) is 0 Å². The van der Waals surface area contributed by atoms with E-state index >= 15 is 0 Å². The van der Waals surface area contributed by atoms with Crippen LogP contribution < -0.4 is 11.1 Å². The first-order valence-corrected chi connectivity index (χ1v) is 6.12. The summed E-state index contributed by atoms with van der Waals surface area (Å²) in [6, 6.07) is 4.33. The zero-order chi connectivity index (χ0) is 12.3. The van der Waals surface area contributed by atoms with Crippen molar-refractivity contribution < 1.29 is 9.50 Å². The molecule has 0 saturated heterocycles. The van der Waals surface area contributed by atoms with Crippen molar-refractivity contribution in [2.75, 3.05) is 17.6 Å². The van der Waals surface area contributed by atoms with Crippen LogP contribution in [0.5, 0.6) is 0 Å². The number of aliphatic hydroxyl groups is 1. The van der Waals surface area contributed by atoms with Gasteiger partial charge in [0.15, 0.2) is 0 Å². The summed E-state index contributed by atoms with van der Waals surface area (Å²) >= 11 is 0. The van der Waals surface area contributed by atoms with Gasteiger partial charge in [-0.1, -0.05) is 6.42 Å². The maximum absolute atomic E-state index is 13.0. The van der Waals surface area contributed by atoms with E-state index in [2.05, 4.69) is 5.32 Å². The van der Waals surface area contributed by atoms with E-state index < -0.39 is 0 Å². The lowest BCUT2D eigenvalue weighted by molar-refractivity contribution is 0.105. The van der Waals surface area contributed by atoms with Crippen molar-refractivity contribution >= 4 is 11.4 Å². The van der Waals surface area contributed by atoms with Gasteiger partial charge in [0.1, 0.15) is 5.82 Å². The van der Waals surface area contributed by atoms with Gasteiger partial charge in [0.2, 0.25) is 0 Å². The van der Waals surface area contributed by atoms with Crippen LogP contribution in [0.25, 0.3) is 0 Å². The molecule has 0 spiro atoms. The van der Waals surface area contributed by atoms with Gasteiger partial charge in [0, 0.05) is 6.54 Å². The summed E-state index contributed by atoms with van der Waals surface area (Å²) < 4.78 is 13.0. The van der Waals surface area contributed by atoms with Crippen LogP contribution in [-0.2, 0) is 0 Å². The van der Waals surface area contributed by atoms with Crippen LogP contribution >= 0.6 is 0 Å². The molecule has 0 heterocycles. The highest BCUT2D eigenvalue weighted by Gasteiger charge is 2.19. The van der Waals surface area contributed by atoms with Crippen molar-refractivity contribution in [1.82, 2.24) is 0 Å². The van der Waals surface area contributed by atoms with Gasteiger partial charge in [-0.3, -0.25) is 0 Å². The molecule has 1 aromatic carbocycles. The Hall–Kier alpha value is -1.29. The minimum atomic E-state index is -0.287. The number of hydrogen-bond donors (Lipinski definition) is 3. The Labute approximate surface area is 101 Å². The summed E-state index contributed by atoms with van der Waals surface area (Å²) in [5.41, 5.74) is 6.96. The SMILES string of the molecule is Nc1ccc(F)cc1NCC1CCCC(O)C1. The van der Waals surface area contributed by atoms with E-state index in [0.29, 0.717) is 17.3 Å². The Bertz CT molecular complexity index is 384. The van der Waals surface area contributed by atoms with Crippen molar-refractivity contribution in [1.29, 1.82) is 0 Å². The molecule has 0 amide bonds. The topological polar surface area (TPSA) is 58.3 Å². The molecule has 4 N–H and O–H groups in total. The molecule has 0 aromatic heterocycles. The molecule has 3 nitrogen and oxygen atoms in total. The van der Waals surface area contributed by atoms with Gasteiger partial charge in [-0.15, -0.1) is 0 Å². The molecule has 2 rings (SSSR count). The second-order valence-corrected chi connectivity index (χ2v) is 4.80. The second-order valence-electron chi connectivity index (χ2n) is 4.80. The van der Waals surface area contributed by atoms with Crippen LogP contribution in [0.3, 0.4) is 0 Å². The van der Waals surface area contributed by atoms with Crippen LogP contribution in [0, 0.1) is 11.7 Å². The molecule has 4 heteroatoms. The fraction of sp³-hybridized carbons (Fsp3) is 0.538. The van der Waals surface area contributed by atoms with Gasteiger partial charge >= 0.3 is 0 Å². The van der Waals surface area contributed by atoms with Gasteiger partial charge in [-0.2, -0.15) is 0 Å². The third-order valence-electron chi connectivity index (χ3n) is 3.35. The minimum absolute atomic E-state index is 0.180. The predicted octanol–water partition coefficient (Wildman–Crippen LogP) is 2.37. The maximum Gasteiger partial charge on any atom is 0.125 e. The van der Waals surface area contributed by atoms with Gasteiger partial charge in [-0.25, -0.2) is 4.39 Å². The molecular formula is C13H19FN2O. The first-order valence-electron chi connectivity index (χ1n) is 6.12. The summed E-state index contributed by atoms with van der Waals surface area (Å²) in [7, 11) is 0. The Balaban J connectivity index is 1.90. The molecule has 94 valence electrons. The lowest BCUT2D eigenvalue weighted by Crippen LogP contribution is -2.25. The van der Waals surface area contributed by atoms with Gasteiger partial charge in [0.05, 0.1) is 17.5 Å². The van der Waals surface area contributed by atoms with E-state index in [-0.39, 0.29) is 11.9 Å². The molecule has 0 bridgehead atoms. The number of anilines is 2. The normalized spacial score (nSPS) is 24.6. The number of nitrogens with two attached hydrogens (primary N) is 1. The Morgan fingerprint density at radius 1 is 1.41 bits per heavy atom. The molecular weight excluding hydrogens is 219 g/mol. The van der Waals surface area contributed by atoms with E-state index in [4.69, 9.17) is 5.73 Å². The van der Waals surface area contributed by atoms with Crippen molar-refractivity contribution in [2.45, 2.75) is 31.8 Å². The summed E-state index contributed by atoms with van der Waals surface area (Å²) in [5, 5.41) is 12.7. The Morgan fingerprint density at radius 2 is 2.24 bits per heavy atom. The number of nitrogen functional groups attached to an aromatic ring is 1. The molecule has 2 atom stereocenters. The highest BCUT2D eigenvalue weighted by molar-refractivity contribution is 5.65. The fourth-order valence-corrected chi connectivity index (χ4v) is 2.38. The maximum atomic E-state index is 13.0. The smallest absolute Gasteiger partial charge is 0.125 e. The van der Waals surface area contributed by atoms with Crippen molar-refractivity contribution in [3.05, 3.63) is 24.0 Å². The van der Waals surface area contributed by atoms with Gasteiger partial charge in [-0.05, 0) is 43.4 Å². The van der Waals surface area contributed by atoms with Gasteiger partial charge in [0.25, 0.3) is 0 Å². The monoisotopic (exact) mass is 238 g/mol. The summed E-state index contributed by atoms with van der Waals surface area (Å²) in [4.78, 5) is 0. The summed E-state index contributed by atoms with van der Waals surface area (Å²) in [5.74, 6) is 0.159. The largest absolute Gasteiger partial charge is 0.397 e. The summed E-state index contributed by atoms with van der Waals surface area (Å²) in [6.07, 6.45) is 3.71. The number of nitrogens with one attached hydrogen (secondary N) is 1. The molecule has 0 aliphatic heterocycles. The molecule has 0 radical (unpaired) electrons. The summed E-state index contributed by atoms with van der Waals surface area (Å²) in [6.45, 7) is 0.741. The highest BCUT2D eigenvalue weighted by atomic mass is 19.1. The molecule has 17 heavy (non-hydrogen) atoms. The minimum Gasteiger partial charge on any atom is -0.397 e. The molecule has 1 fully saturated rings. The standard InChI is InChI=1S/C13H19FN2O/c14-10-4-5-12(15)13(7-10)16-8-9-2-1-3-11(17)6-9/h4-5,7,9,11,16-17H,1-3,6,8,15H2. The number of halogens is 1. The third-order valence-corrected chi connectivity index (χ3v) is 3.35. The van der Waals surface area contributed by atoms with E-state index in [1.54, 1.807) is 6.07 Å². The average molecular weight is 238 g/mol. The van der Waals surface area contributed by atoms with Gasteiger partial charge < -0.3 is 16.2 Å². The zero-order valence-corrected chi connectivity index (χ0v) is 9.82. The van der Waals surface area contributed by atoms with Crippen LogP contribution in [0.15, 0.2) is 18.2 Å². The van der Waals surface area contributed by atoms with E-state index in [1.807, 2.05) is 0 Å². The quantitative estimate of drug-likeness (QED) is 0.708. The zero-order valence-electron chi connectivity index (χ0n) is 9.82. The van der Waals surface area contributed by atoms with Crippen LogP contribution in [-0.4, -0.2) is 17.8 Å². The Morgan fingerprint density at radius 3 is 3.00 bits per heavy atom.